The molecule has 7 amide bonds. The van der Waals surface area contributed by atoms with E-state index in [0.29, 0.717) is 44.6 Å². The van der Waals surface area contributed by atoms with E-state index in [1.807, 2.05) is 255 Å². The molecular formula is C107H141BrN10O14. The number of nitrogens with zero attached hydrogens (tertiary/aromatic N) is 7. The van der Waals surface area contributed by atoms with E-state index in [-0.39, 0.29) is 92.3 Å². The molecule has 710 valence electrons. The van der Waals surface area contributed by atoms with Crippen molar-refractivity contribution in [2.24, 2.45) is 35.5 Å². The largest absolute Gasteiger partial charge is 0.483 e. The number of hydrogen-bond donors (Lipinski definition) is 6. The number of hydrogen-bond acceptors (Lipinski definition) is 14. The molecule has 2 aliphatic heterocycles. The van der Waals surface area contributed by atoms with Crippen LogP contribution in [0.15, 0.2) is 261 Å². The van der Waals surface area contributed by atoms with Crippen LogP contribution >= 0.6 is 15.9 Å². The monoisotopic (exact) mass is 1870 g/mol. The lowest BCUT2D eigenvalue weighted by Gasteiger charge is -2.54. The molecule has 1 aliphatic carbocycles. The van der Waals surface area contributed by atoms with Crippen molar-refractivity contribution < 1.29 is 68.0 Å². The van der Waals surface area contributed by atoms with Crippen molar-refractivity contribution in [1.82, 2.24) is 50.5 Å². The van der Waals surface area contributed by atoms with E-state index < -0.39 is 42.3 Å². The highest BCUT2D eigenvalue weighted by Gasteiger charge is 2.49. The first kappa shape index (κ1) is 110. The second-order valence-electron chi connectivity index (χ2n) is 35.2. The van der Waals surface area contributed by atoms with Gasteiger partial charge in [-0.25, -0.2) is 14.8 Å². The number of carboxylic acid groups (broad SMARTS) is 3. The van der Waals surface area contributed by atoms with Crippen LogP contribution in [0.25, 0.3) is 11.1 Å². The maximum absolute atomic E-state index is 13.0. The first-order valence-electron chi connectivity index (χ1n) is 45.4. The van der Waals surface area contributed by atoms with Crippen LogP contribution in [0.1, 0.15) is 166 Å². The number of fused-ring (bicyclic) bond motifs is 4. The highest BCUT2D eigenvalue weighted by atomic mass is 79.9. The van der Waals surface area contributed by atoms with E-state index in [2.05, 4.69) is 136 Å². The number of halogens is 1. The van der Waals surface area contributed by atoms with E-state index in [1.54, 1.807) is 33.7 Å². The van der Waals surface area contributed by atoms with Crippen LogP contribution in [0.4, 0.5) is 4.79 Å². The Balaban J connectivity index is 0.000000283. The van der Waals surface area contributed by atoms with E-state index in [9.17, 15) is 43.2 Å². The molecule has 2 heterocycles. The number of rotatable bonds is 32. The molecule has 24 nitrogen and oxygen atoms in total. The number of nitrogens with one attached hydrogen (secondary N) is 3. The summed E-state index contributed by atoms with van der Waals surface area (Å²) in [4.78, 5) is 126. The third-order valence-electron chi connectivity index (χ3n) is 20.9. The zero-order valence-electron chi connectivity index (χ0n) is 79.9. The Morgan fingerprint density at radius 3 is 1.33 bits per heavy atom. The Kier molecular flexibility index (Phi) is 50.2. The average Bonchev–Trinajstić information content (AvgIpc) is 1.00. The molecule has 2 saturated heterocycles. The van der Waals surface area contributed by atoms with Crippen molar-refractivity contribution in [3.05, 3.63) is 311 Å². The molecular weight excluding hydrogens is 1730 g/mol. The minimum absolute atomic E-state index is 0.0340. The number of ether oxygens (including phenoxy) is 1. The molecule has 0 aromatic heterocycles. The standard InChI is InChI=1S/C24H33N3O2.C23H26N4O3.C18H17NO4.C15H23NO.C11H17N.C11H14O2.C4H9Br.CH2O2/c1-19(2)15-27(17-22-13-9-6-10-14-22)24(29)20(3)25-23(28)18-26(4)16-21-11-7-5-8-12-21;1-17-23(30)24(13-19-9-5-3-6-10-19)15-21-26(17)22(29)16-25(27(21)18(2)28)14-20-11-7-4-8-12-20;1-11(17(20)21)19-18(22)23-10-16-14-8-4-2-6-12(14)13-7-3-5-9-15(13)16;1-12(2)10-16(15(17)13(3)4)11-14-8-6-5-7-9-14;1-10(2)8-12-9-11-6-4-3-5-7-11;1-9(8-11(12)13)7-10-5-3-2-4-6-10;1-4(2)3-5;2-1-3/h5-14,19-20H,15-18H2,1-4H3,(H,25,28);3-12,17,21H,13-16H2,1-2H3;2-9,11,16H,10H2,1H3,(H,19,22)(H,20,21);5-9,12-13H,10-11H2,1-4H3;3-7,10,12H,8-9H2,1-2H3;2-6,9H,7-8H2,1H3,(H,12,13);4H,3H2,1-2H3;1H,(H,2,3)/t;17-,21?;;;;;;/m.0....../s1. The van der Waals surface area contributed by atoms with Gasteiger partial charge in [-0.2, -0.15) is 0 Å². The molecule has 5 atom stereocenters. The molecule has 132 heavy (non-hydrogen) atoms. The zero-order valence-corrected chi connectivity index (χ0v) is 81.5. The van der Waals surface area contributed by atoms with Gasteiger partial charge in [0.1, 0.15) is 30.9 Å². The Bertz CT molecular complexity index is 4840. The number of carbonyl (C=O) groups is 10. The van der Waals surface area contributed by atoms with Gasteiger partial charge in [-0.3, -0.25) is 48.1 Å². The van der Waals surface area contributed by atoms with Gasteiger partial charge >= 0.3 is 18.0 Å². The summed E-state index contributed by atoms with van der Waals surface area (Å²) in [6.45, 7) is 36.5. The number of amides is 7. The fraction of sp³-hybridized carbons (Fsp3) is 0.402. The lowest BCUT2D eigenvalue weighted by Crippen LogP contribution is -2.74. The fourth-order valence-electron chi connectivity index (χ4n) is 14.9. The minimum atomic E-state index is -1.10. The third-order valence-corrected chi connectivity index (χ3v) is 22.2. The first-order chi connectivity index (χ1) is 63.0. The number of carboxylic acids is 2. The number of likely N-dealkylation sites (N-methyl/N-ethyl adjacent to an activating group) is 1. The van der Waals surface area contributed by atoms with Gasteiger partial charge in [0, 0.05) is 82.9 Å². The lowest BCUT2D eigenvalue weighted by atomic mass is 9.98. The molecule has 9 aromatic rings. The van der Waals surface area contributed by atoms with Gasteiger partial charge in [0.2, 0.25) is 35.4 Å². The number of piperazine rings is 1. The van der Waals surface area contributed by atoms with Gasteiger partial charge in [0.05, 0.1) is 19.6 Å². The number of alkyl carbamates (subject to hydrolysis) is 1. The predicted octanol–water partition coefficient (Wildman–Crippen LogP) is 18.0. The molecule has 0 saturated carbocycles. The van der Waals surface area contributed by atoms with Crippen LogP contribution in [0.2, 0.25) is 0 Å². The highest BCUT2D eigenvalue weighted by molar-refractivity contribution is 9.09. The summed E-state index contributed by atoms with van der Waals surface area (Å²) in [6.07, 6.45) is -0.146. The minimum Gasteiger partial charge on any atom is -0.483 e. The topological polar surface area (TPSA) is 299 Å². The highest BCUT2D eigenvalue weighted by Crippen LogP contribution is 2.44. The van der Waals surface area contributed by atoms with Crippen molar-refractivity contribution >= 4 is 75.9 Å². The maximum Gasteiger partial charge on any atom is 0.407 e. The van der Waals surface area contributed by atoms with Gasteiger partial charge in [-0.15, -0.1) is 0 Å². The summed E-state index contributed by atoms with van der Waals surface area (Å²) < 4.78 is 5.25. The summed E-state index contributed by atoms with van der Waals surface area (Å²) in [5.74, 6) is 0.477. The number of hydrazine groups is 1. The summed E-state index contributed by atoms with van der Waals surface area (Å²) in [5, 5.41) is 37.4. The Morgan fingerprint density at radius 1 is 0.515 bits per heavy atom. The van der Waals surface area contributed by atoms with E-state index >= 15 is 0 Å². The van der Waals surface area contributed by atoms with Gasteiger partial charge in [-0.1, -0.05) is 353 Å². The van der Waals surface area contributed by atoms with Crippen LogP contribution in [0.5, 0.6) is 0 Å². The van der Waals surface area contributed by atoms with Crippen LogP contribution in [0, 0.1) is 35.5 Å². The number of carbonyl (C=O) groups excluding carboxylic acids is 7. The first-order valence-corrected chi connectivity index (χ1v) is 46.5. The Hall–Kier alpha value is -12.2. The molecule has 6 N–H and O–H groups in total. The van der Waals surface area contributed by atoms with Gasteiger partial charge in [0.15, 0.2) is 0 Å². The fourth-order valence-corrected chi connectivity index (χ4v) is 14.9. The van der Waals surface area contributed by atoms with Gasteiger partial charge in [0.25, 0.3) is 6.47 Å². The summed E-state index contributed by atoms with van der Waals surface area (Å²) >= 11 is 3.31. The van der Waals surface area contributed by atoms with E-state index in [4.69, 9.17) is 24.9 Å². The van der Waals surface area contributed by atoms with Crippen LogP contribution in [0.3, 0.4) is 0 Å². The number of aliphatic carboxylic acids is 2. The predicted molar refractivity (Wildman–Crippen MR) is 527 cm³/mol. The molecule has 2 fully saturated rings. The smallest absolute Gasteiger partial charge is 0.407 e. The molecule has 4 unspecified atom stereocenters. The van der Waals surface area contributed by atoms with Crippen molar-refractivity contribution in [1.29, 1.82) is 0 Å². The van der Waals surface area contributed by atoms with Crippen molar-refractivity contribution in [3.8, 4) is 11.1 Å². The van der Waals surface area contributed by atoms with Crippen LogP contribution in [-0.4, -0.2) is 192 Å². The SMILES string of the molecule is CC(=O)N1C2CN(Cc3ccccc3)C(=O)[C@H](C)N2C(=O)CN1Cc1ccccc1.CC(C)CBr.CC(C)CN(Cc1ccccc1)C(=O)C(C)C.CC(C)CN(Cc1ccccc1)C(=O)C(C)NC(=O)CN(C)Cc1ccccc1.CC(C)CNCc1ccccc1.CC(CC(=O)O)Cc1ccccc1.CC(NC(=O)OCC1c2ccccc2-c2ccccc21)C(=O)O.O=CO. The summed E-state index contributed by atoms with van der Waals surface area (Å²) in [5.41, 5.74) is 12.6. The molecule has 25 heteroatoms. The zero-order chi connectivity index (χ0) is 97.2. The molecule has 3 aliphatic rings. The number of benzene rings is 9. The van der Waals surface area contributed by atoms with Gasteiger partial charge in [-0.05, 0) is 132 Å². The Labute approximate surface area is 791 Å². The molecule has 0 bridgehead atoms. The normalized spacial score (nSPS) is 14.2. The van der Waals surface area contributed by atoms with Crippen molar-refractivity contribution in [2.75, 3.05) is 58.3 Å². The molecule has 0 radical (unpaired) electrons. The van der Waals surface area contributed by atoms with E-state index in [1.165, 1.54) is 30.5 Å². The summed E-state index contributed by atoms with van der Waals surface area (Å²) in [6, 6.07) is 84.0. The second kappa shape index (κ2) is 60.0. The van der Waals surface area contributed by atoms with Gasteiger partial charge < -0.3 is 55.6 Å². The van der Waals surface area contributed by atoms with Crippen molar-refractivity contribution in [2.45, 2.75) is 186 Å². The molecule has 9 aromatic carbocycles. The third kappa shape index (κ3) is 40.7. The molecule has 12 rings (SSSR count). The Morgan fingerprint density at radius 2 is 0.917 bits per heavy atom. The van der Waals surface area contributed by atoms with Crippen molar-refractivity contribution in [3.63, 3.8) is 0 Å². The van der Waals surface area contributed by atoms with Crippen LogP contribution < -0.4 is 16.0 Å². The molecule has 0 spiro atoms. The summed E-state index contributed by atoms with van der Waals surface area (Å²) in [7, 11) is 1.90. The van der Waals surface area contributed by atoms with E-state index in [0.717, 1.165) is 94.3 Å². The average molecular weight is 1870 g/mol. The lowest BCUT2D eigenvalue weighted by molar-refractivity contribution is -0.206. The quantitative estimate of drug-likeness (QED) is 0.0169. The maximum atomic E-state index is 13.0. The van der Waals surface area contributed by atoms with Crippen LogP contribution in [-0.2, 0) is 93.6 Å². The number of alkyl halides is 1. The second-order valence-corrected chi connectivity index (χ2v) is 35.9.